The van der Waals surface area contributed by atoms with Gasteiger partial charge in [-0.3, -0.25) is 0 Å². The van der Waals surface area contributed by atoms with Gasteiger partial charge in [0, 0.05) is 6.54 Å². The third kappa shape index (κ3) is 3.16. The minimum atomic E-state index is 0.717. The van der Waals surface area contributed by atoms with E-state index in [1.807, 2.05) is 6.07 Å². The molecule has 3 rings (SSSR count). The van der Waals surface area contributed by atoms with E-state index in [4.69, 9.17) is 9.72 Å². The van der Waals surface area contributed by atoms with E-state index in [1.165, 1.54) is 27.8 Å². The molecule has 3 heteroatoms. The normalized spacial score (nSPS) is 11.2. The quantitative estimate of drug-likeness (QED) is 0.615. The first-order valence-electron chi connectivity index (χ1n) is 8.60. The second-order valence-corrected chi connectivity index (χ2v) is 6.64. The average molecular weight is 322 g/mol. The molecule has 24 heavy (non-hydrogen) atoms. The van der Waals surface area contributed by atoms with Crippen LogP contribution in [-0.4, -0.2) is 16.2 Å². The van der Waals surface area contributed by atoms with Gasteiger partial charge in [-0.15, -0.1) is 0 Å². The summed E-state index contributed by atoms with van der Waals surface area (Å²) in [7, 11) is 0. The summed E-state index contributed by atoms with van der Waals surface area (Å²) >= 11 is 0. The van der Waals surface area contributed by atoms with Crippen LogP contribution in [-0.2, 0) is 6.54 Å². The Balaban J connectivity index is 1.69. The molecule has 0 atom stereocenters. The minimum absolute atomic E-state index is 0.717. The highest BCUT2D eigenvalue weighted by Gasteiger charge is 2.09. The molecule has 0 N–H and O–H groups in total. The van der Waals surface area contributed by atoms with Gasteiger partial charge in [0.2, 0.25) is 0 Å². The van der Waals surface area contributed by atoms with E-state index in [2.05, 4.69) is 63.5 Å². The van der Waals surface area contributed by atoms with Crippen LogP contribution < -0.4 is 4.74 Å². The fourth-order valence-corrected chi connectivity index (χ4v) is 3.07. The highest BCUT2D eigenvalue weighted by atomic mass is 16.5. The Kier molecular flexibility index (Phi) is 4.61. The van der Waals surface area contributed by atoms with Gasteiger partial charge in [-0.25, -0.2) is 4.98 Å². The summed E-state index contributed by atoms with van der Waals surface area (Å²) in [6.07, 6.45) is 0.965. The lowest BCUT2D eigenvalue weighted by atomic mass is 10.1. The maximum absolute atomic E-state index is 5.98. The molecule has 3 aromatic rings. The minimum Gasteiger partial charge on any atom is -0.493 e. The first kappa shape index (κ1) is 16.6. The van der Waals surface area contributed by atoms with E-state index < -0.39 is 0 Å². The lowest BCUT2D eigenvalue weighted by Gasteiger charge is -2.12. The number of benzene rings is 2. The Bertz CT molecular complexity index is 877. The predicted octanol–water partition coefficient (Wildman–Crippen LogP) is 5.05. The number of aromatic nitrogens is 2. The van der Waals surface area contributed by atoms with Crippen molar-refractivity contribution in [2.24, 2.45) is 0 Å². The number of ether oxygens (including phenoxy) is 1. The number of imidazole rings is 1. The number of hydrogen-bond acceptors (Lipinski definition) is 2. The van der Waals surface area contributed by atoms with Crippen molar-refractivity contribution in [2.75, 3.05) is 6.61 Å². The second kappa shape index (κ2) is 6.68. The van der Waals surface area contributed by atoms with Crippen LogP contribution in [0.1, 0.15) is 34.5 Å². The largest absolute Gasteiger partial charge is 0.493 e. The van der Waals surface area contributed by atoms with E-state index in [0.717, 1.165) is 30.1 Å². The molecule has 0 saturated heterocycles. The highest BCUT2D eigenvalue weighted by molar-refractivity contribution is 5.78. The number of aryl methyl sites for hydroxylation is 5. The van der Waals surface area contributed by atoms with Gasteiger partial charge in [0.1, 0.15) is 11.6 Å². The van der Waals surface area contributed by atoms with E-state index >= 15 is 0 Å². The number of nitrogens with zero attached hydrogens (tertiary/aromatic N) is 2. The van der Waals surface area contributed by atoms with Gasteiger partial charge < -0.3 is 9.30 Å². The van der Waals surface area contributed by atoms with Crippen molar-refractivity contribution >= 4 is 11.0 Å². The molecular weight excluding hydrogens is 296 g/mol. The van der Waals surface area contributed by atoms with Crippen molar-refractivity contribution < 1.29 is 4.74 Å². The molecule has 0 amide bonds. The molecule has 3 nitrogen and oxygen atoms in total. The van der Waals surface area contributed by atoms with Crippen molar-refractivity contribution in [1.29, 1.82) is 0 Å². The van der Waals surface area contributed by atoms with Crippen molar-refractivity contribution in [3.63, 3.8) is 0 Å². The van der Waals surface area contributed by atoms with Gasteiger partial charge in [0.15, 0.2) is 0 Å². The van der Waals surface area contributed by atoms with Gasteiger partial charge in [-0.2, -0.15) is 0 Å². The second-order valence-electron chi connectivity index (χ2n) is 6.64. The Hall–Kier alpha value is -2.29. The molecule has 2 aromatic carbocycles. The maximum atomic E-state index is 5.98. The van der Waals surface area contributed by atoms with Crippen molar-refractivity contribution in [1.82, 2.24) is 9.55 Å². The van der Waals surface area contributed by atoms with E-state index in [-0.39, 0.29) is 0 Å². The van der Waals surface area contributed by atoms with Gasteiger partial charge in [-0.05, 0) is 81.5 Å². The zero-order valence-corrected chi connectivity index (χ0v) is 15.3. The van der Waals surface area contributed by atoms with Gasteiger partial charge >= 0.3 is 0 Å². The SMILES string of the molecule is Cc1cc2nc(C)n(CCCOc3cccc(C)c3C)c2cc1C. The molecule has 0 aliphatic heterocycles. The molecule has 126 valence electrons. The Morgan fingerprint density at radius 3 is 2.50 bits per heavy atom. The van der Waals surface area contributed by atoms with Crippen LogP contribution in [0.25, 0.3) is 11.0 Å². The third-order valence-electron chi connectivity index (χ3n) is 4.89. The molecule has 0 aliphatic rings. The fourth-order valence-electron chi connectivity index (χ4n) is 3.07. The highest BCUT2D eigenvalue weighted by Crippen LogP contribution is 2.22. The molecule has 1 aromatic heterocycles. The zero-order valence-electron chi connectivity index (χ0n) is 15.3. The molecule has 1 heterocycles. The number of hydrogen-bond donors (Lipinski definition) is 0. The topological polar surface area (TPSA) is 27.1 Å². The Labute approximate surface area is 144 Å². The van der Waals surface area contributed by atoms with Crippen LogP contribution in [0, 0.1) is 34.6 Å². The average Bonchev–Trinajstić information content (AvgIpc) is 2.83. The summed E-state index contributed by atoms with van der Waals surface area (Å²) in [5.41, 5.74) is 7.43. The maximum Gasteiger partial charge on any atom is 0.122 e. The van der Waals surface area contributed by atoms with Crippen LogP contribution in [0.5, 0.6) is 5.75 Å². The van der Waals surface area contributed by atoms with Gasteiger partial charge in [0.05, 0.1) is 17.6 Å². The summed E-state index contributed by atoms with van der Waals surface area (Å²) in [4.78, 5) is 4.70. The molecule has 0 radical (unpaired) electrons. The number of fused-ring (bicyclic) bond motifs is 1. The molecule has 0 spiro atoms. The van der Waals surface area contributed by atoms with Crippen LogP contribution in [0.15, 0.2) is 30.3 Å². The summed E-state index contributed by atoms with van der Waals surface area (Å²) in [6.45, 7) is 12.3. The zero-order chi connectivity index (χ0) is 17.3. The van der Waals surface area contributed by atoms with Crippen molar-refractivity contribution in [3.05, 3.63) is 58.4 Å². The lowest BCUT2D eigenvalue weighted by molar-refractivity contribution is 0.300. The first-order chi connectivity index (χ1) is 11.5. The predicted molar refractivity (Wildman–Crippen MR) is 100.0 cm³/mol. The van der Waals surface area contributed by atoms with E-state index in [9.17, 15) is 0 Å². The van der Waals surface area contributed by atoms with E-state index in [1.54, 1.807) is 0 Å². The van der Waals surface area contributed by atoms with Crippen molar-refractivity contribution in [3.8, 4) is 5.75 Å². The van der Waals surface area contributed by atoms with Crippen LogP contribution in [0.2, 0.25) is 0 Å². The molecular formula is C21H26N2O. The van der Waals surface area contributed by atoms with E-state index in [0.29, 0.717) is 6.61 Å². The summed E-state index contributed by atoms with van der Waals surface area (Å²) in [5.74, 6) is 2.07. The number of rotatable bonds is 5. The Morgan fingerprint density at radius 2 is 1.71 bits per heavy atom. The molecule has 0 saturated carbocycles. The third-order valence-corrected chi connectivity index (χ3v) is 4.89. The monoisotopic (exact) mass is 322 g/mol. The molecule has 0 bridgehead atoms. The fraction of sp³-hybridized carbons (Fsp3) is 0.381. The first-order valence-corrected chi connectivity index (χ1v) is 8.60. The lowest BCUT2D eigenvalue weighted by Crippen LogP contribution is -2.07. The molecule has 0 unspecified atom stereocenters. The van der Waals surface area contributed by atoms with Crippen LogP contribution in [0.4, 0.5) is 0 Å². The summed E-state index contributed by atoms with van der Waals surface area (Å²) < 4.78 is 8.28. The summed E-state index contributed by atoms with van der Waals surface area (Å²) in [6, 6.07) is 10.6. The smallest absolute Gasteiger partial charge is 0.122 e. The molecule has 0 aliphatic carbocycles. The molecule has 0 fully saturated rings. The summed E-state index contributed by atoms with van der Waals surface area (Å²) in [5, 5.41) is 0. The standard InChI is InChI=1S/C21H26N2O/c1-14-8-6-9-21(17(14)4)24-11-7-10-23-18(5)22-19-12-15(2)16(3)13-20(19)23/h6,8-9,12-13H,7,10-11H2,1-5H3. The Morgan fingerprint density at radius 1 is 0.958 bits per heavy atom. The van der Waals surface area contributed by atoms with Gasteiger partial charge in [-0.1, -0.05) is 12.1 Å². The van der Waals surface area contributed by atoms with Gasteiger partial charge in [0.25, 0.3) is 0 Å². The van der Waals surface area contributed by atoms with Crippen LogP contribution >= 0.6 is 0 Å². The van der Waals surface area contributed by atoms with Crippen LogP contribution in [0.3, 0.4) is 0 Å². The van der Waals surface area contributed by atoms with Crippen molar-refractivity contribution in [2.45, 2.75) is 47.6 Å².